The van der Waals surface area contributed by atoms with Crippen LogP contribution in [0.2, 0.25) is 0 Å². The zero-order valence-electron chi connectivity index (χ0n) is 9.84. The molecule has 7 nitrogen and oxygen atoms in total. The van der Waals surface area contributed by atoms with E-state index in [0.717, 1.165) is 6.07 Å². The molecule has 1 rings (SSSR count). The number of nitrogens with one attached hydrogen (secondary N) is 1. The van der Waals surface area contributed by atoms with Crippen LogP contribution in [0.4, 0.5) is 5.69 Å². The van der Waals surface area contributed by atoms with Crippen molar-refractivity contribution in [2.24, 2.45) is 0 Å². The van der Waals surface area contributed by atoms with Gasteiger partial charge in [0.1, 0.15) is 0 Å². The Morgan fingerprint density at radius 3 is 2.72 bits per heavy atom. The van der Waals surface area contributed by atoms with Crippen LogP contribution < -0.4 is 10.3 Å². The van der Waals surface area contributed by atoms with Gasteiger partial charge in [0.2, 0.25) is 5.75 Å². The number of carbonyl (C=O) groups is 1. The molecule has 0 fully saturated rings. The van der Waals surface area contributed by atoms with E-state index < -0.39 is 16.6 Å². The first-order chi connectivity index (χ1) is 8.45. The molecule has 0 amide bonds. The van der Waals surface area contributed by atoms with Crippen LogP contribution in [0.25, 0.3) is 0 Å². The third-order valence-electron chi connectivity index (χ3n) is 2.16. The van der Waals surface area contributed by atoms with Gasteiger partial charge in [-0.25, -0.2) is 10.3 Å². The second-order valence-electron chi connectivity index (χ2n) is 3.42. The molecule has 18 heavy (non-hydrogen) atoms. The van der Waals surface area contributed by atoms with Crippen LogP contribution in [0.15, 0.2) is 30.0 Å². The van der Waals surface area contributed by atoms with Crippen LogP contribution in [-0.2, 0) is 0 Å². The molecule has 0 aromatic heterocycles. The average Bonchev–Trinajstić information content (AvgIpc) is 2.35. The fraction of sp³-hybridized carbons (Fsp3) is 0.182. The molecule has 1 aromatic carbocycles. The summed E-state index contributed by atoms with van der Waals surface area (Å²) in [5.74, 6) is -1.28. The lowest BCUT2D eigenvalue weighted by Gasteiger charge is -2.08. The van der Waals surface area contributed by atoms with Crippen molar-refractivity contribution < 1.29 is 19.7 Å². The predicted molar refractivity (Wildman–Crippen MR) is 63.3 cm³/mol. The van der Waals surface area contributed by atoms with E-state index in [4.69, 9.17) is 9.94 Å². The zero-order chi connectivity index (χ0) is 13.7. The van der Waals surface area contributed by atoms with E-state index in [0.29, 0.717) is 5.70 Å². The number of allylic oxidation sites excluding steroid dienone is 2. The topological polar surface area (TPSA) is 102 Å². The van der Waals surface area contributed by atoms with Crippen LogP contribution in [-0.4, -0.2) is 16.0 Å². The van der Waals surface area contributed by atoms with Gasteiger partial charge in [-0.05, 0) is 26.0 Å². The van der Waals surface area contributed by atoms with Gasteiger partial charge in [-0.2, -0.15) is 0 Å². The fourth-order valence-electron chi connectivity index (χ4n) is 1.07. The monoisotopic (exact) mass is 252 g/mol. The Hall–Kier alpha value is -2.57. The smallest absolute Gasteiger partial charge is 0.335 e. The zero-order valence-corrected chi connectivity index (χ0v) is 9.84. The van der Waals surface area contributed by atoms with Crippen molar-refractivity contribution in [3.8, 4) is 5.75 Å². The molecule has 0 heterocycles. The van der Waals surface area contributed by atoms with E-state index in [1.54, 1.807) is 19.9 Å². The highest BCUT2D eigenvalue weighted by molar-refractivity contribution is 5.88. The van der Waals surface area contributed by atoms with Gasteiger partial charge < -0.3 is 9.94 Å². The Bertz CT molecular complexity index is 510. The number of carboxylic acid groups (broad SMARTS) is 1. The molecule has 0 bridgehead atoms. The van der Waals surface area contributed by atoms with Gasteiger partial charge in [-0.3, -0.25) is 10.1 Å². The number of aromatic carboxylic acids is 1. The minimum atomic E-state index is -1.23. The molecule has 96 valence electrons. The number of hydroxylamine groups is 1. The van der Waals surface area contributed by atoms with Gasteiger partial charge in [0.25, 0.3) is 0 Å². The minimum Gasteiger partial charge on any atom is -0.478 e. The number of nitrogens with zero attached hydrogens (tertiary/aromatic N) is 1. The lowest BCUT2D eigenvalue weighted by atomic mass is 10.2. The lowest BCUT2D eigenvalue weighted by molar-refractivity contribution is -0.386. The molecular weight excluding hydrogens is 240 g/mol. The van der Waals surface area contributed by atoms with Gasteiger partial charge in [-0.1, -0.05) is 6.08 Å². The highest BCUT2D eigenvalue weighted by Crippen LogP contribution is 2.27. The highest BCUT2D eigenvalue weighted by atomic mass is 16.7. The molecule has 0 saturated heterocycles. The molecule has 7 heteroatoms. The summed E-state index contributed by atoms with van der Waals surface area (Å²) in [6, 6.07) is 3.42. The van der Waals surface area contributed by atoms with Crippen molar-refractivity contribution in [2.75, 3.05) is 0 Å². The van der Waals surface area contributed by atoms with Gasteiger partial charge in [-0.15, -0.1) is 0 Å². The van der Waals surface area contributed by atoms with Gasteiger partial charge in [0.05, 0.1) is 10.5 Å². The maximum atomic E-state index is 10.8. The van der Waals surface area contributed by atoms with Crippen LogP contribution in [0.5, 0.6) is 5.75 Å². The number of benzene rings is 1. The van der Waals surface area contributed by atoms with Gasteiger partial charge in [0.15, 0.2) is 0 Å². The quantitative estimate of drug-likeness (QED) is 0.614. The number of rotatable bonds is 5. The third-order valence-corrected chi connectivity index (χ3v) is 2.16. The molecule has 0 atom stereocenters. The Morgan fingerprint density at radius 2 is 2.22 bits per heavy atom. The maximum Gasteiger partial charge on any atom is 0.335 e. The molecule has 1 aromatic rings. The SMILES string of the molecule is CC=C(C)NOc1ccc(C(=O)O)cc1[N+](=O)[O-]. The number of nitro groups is 1. The van der Waals surface area contributed by atoms with Crippen LogP contribution in [0, 0.1) is 10.1 Å². The molecule has 0 radical (unpaired) electrons. The molecule has 0 aliphatic rings. The molecule has 0 spiro atoms. The average molecular weight is 252 g/mol. The van der Waals surface area contributed by atoms with Crippen molar-refractivity contribution in [2.45, 2.75) is 13.8 Å². The number of hydrogen-bond donors (Lipinski definition) is 2. The summed E-state index contributed by atoms with van der Waals surface area (Å²) in [6.45, 7) is 3.49. The maximum absolute atomic E-state index is 10.8. The summed E-state index contributed by atoms with van der Waals surface area (Å²) >= 11 is 0. The predicted octanol–water partition coefficient (Wildman–Crippen LogP) is 2.10. The summed E-state index contributed by atoms with van der Waals surface area (Å²) in [5, 5.41) is 19.6. The van der Waals surface area contributed by atoms with Crippen molar-refractivity contribution >= 4 is 11.7 Å². The van der Waals surface area contributed by atoms with Crippen molar-refractivity contribution in [1.29, 1.82) is 0 Å². The highest BCUT2D eigenvalue weighted by Gasteiger charge is 2.18. The molecule has 0 saturated carbocycles. The summed E-state index contributed by atoms with van der Waals surface area (Å²) < 4.78 is 0. The van der Waals surface area contributed by atoms with Gasteiger partial charge in [0, 0.05) is 11.8 Å². The molecule has 0 unspecified atom stereocenters. The molecule has 2 N–H and O–H groups in total. The van der Waals surface area contributed by atoms with E-state index in [-0.39, 0.29) is 11.3 Å². The normalized spacial score (nSPS) is 10.9. The largest absolute Gasteiger partial charge is 0.478 e. The fourth-order valence-corrected chi connectivity index (χ4v) is 1.07. The first-order valence-electron chi connectivity index (χ1n) is 5.03. The van der Waals surface area contributed by atoms with E-state index in [1.165, 1.54) is 12.1 Å². The number of hydrogen-bond acceptors (Lipinski definition) is 5. The molecule has 0 aliphatic carbocycles. The summed E-state index contributed by atoms with van der Waals surface area (Å²) in [7, 11) is 0. The van der Waals surface area contributed by atoms with Crippen molar-refractivity contribution in [1.82, 2.24) is 5.48 Å². The van der Waals surface area contributed by atoms with E-state index in [2.05, 4.69) is 5.48 Å². The summed E-state index contributed by atoms with van der Waals surface area (Å²) in [5.41, 5.74) is 2.59. The summed E-state index contributed by atoms with van der Waals surface area (Å²) in [6.07, 6.45) is 1.72. The van der Waals surface area contributed by atoms with E-state index >= 15 is 0 Å². The Labute approximate surface area is 103 Å². The standard InChI is InChI=1S/C11H12N2O5/c1-3-7(2)12-18-10-5-4-8(11(14)15)6-9(10)13(16)17/h3-6,12H,1-2H3,(H,14,15). The lowest BCUT2D eigenvalue weighted by Crippen LogP contribution is -2.16. The number of carboxylic acids is 1. The molecular formula is C11H12N2O5. The Kier molecular flexibility index (Phi) is 4.25. The first-order valence-corrected chi connectivity index (χ1v) is 5.03. The Balaban J connectivity index is 3.04. The first kappa shape index (κ1) is 13.5. The third kappa shape index (κ3) is 3.21. The van der Waals surface area contributed by atoms with Crippen LogP contribution in [0.1, 0.15) is 24.2 Å². The summed E-state index contributed by atoms with van der Waals surface area (Å²) in [4.78, 5) is 25.8. The second kappa shape index (κ2) is 5.67. The van der Waals surface area contributed by atoms with Crippen LogP contribution >= 0.6 is 0 Å². The Morgan fingerprint density at radius 1 is 1.56 bits per heavy atom. The second-order valence-corrected chi connectivity index (χ2v) is 3.42. The van der Waals surface area contributed by atoms with E-state index in [1.807, 2.05) is 0 Å². The van der Waals surface area contributed by atoms with Crippen molar-refractivity contribution in [3.63, 3.8) is 0 Å². The van der Waals surface area contributed by atoms with Gasteiger partial charge >= 0.3 is 11.7 Å². The van der Waals surface area contributed by atoms with Crippen molar-refractivity contribution in [3.05, 3.63) is 45.6 Å². The number of nitro benzene ring substituents is 1. The minimum absolute atomic E-state index is 0.0498. The molecule has 0 aliphatic heterocycles. The van der Waals surface area contributed by atoms with Crippen LogP contribution in [0.3, 0.4) is 0 Å². The van der Waals surface area contributed by atoms with E-state index in [9.17, 15) is 14.9 Å².